The van der Waals surface area contributed by atoms with Crippen molar-refractivity contribution in [1.82, 2.24) is 0 Å². The topological polar surface area (TPSA) is 94.1 Å². The lowest BCUT2D eigenvalue weighted by Gasteiger charge is -2.20. The molecule has 0 saturated carbocycles. The number of aliphatic hydroxyl groups is 1. The molecule has 0 aromatic carbocycles. The normalized spacial score (nSPS) is 14.0. The summed E-state index contributed by atoms with van der Waals surface area (Å²) in [5.41, 5.74) is 0. The van der Waals surface area contributed by atoms with Gasteiger partial charge in [0.2, 0.25) is 0 Å². The van der Waals surface area contributed by atoms with E-state index in [0.717, 1.165) is 13.0 Å². The molecule has 9 nitrogen and oxygen atoms in total. The van der Waals surface area contributed by atoms with Crippen molar-refractivity contribution in [3.8, 4) is 0 Å². The Morgan fingerprint density at radius 1 is 0.400 bits per heavy atom. The number of hydrogen-bond acceptors (Lipinski definition) is 9. The van der Waals surface area contributed by atoms with E-state index >= 15 is 0 Å². The lowest BCUT2D eigenvalue weighted by atomic mass is 10.1. The van der Waals surface area contributed by atoms with Crippen LogP contribution in [0.25, 0.3) is 0 Å². The first-order chi connectivity index (χ1) is 19.6. The van der Waals surface area contributed by atoms with Gasteiger partial charge in [-0.25, -0.2) is 0 Å². The molecule has 0 radical (unpaired) electrons. The predicted molar refractivity (Wildman–Crippen MR) is 159 cm³/mol. The van der Waals surface area contributed by atoms with E-state index in [-0.39, 0.29) is 24.9 Å². The van der Waals surface area contributed by atoms with Crippen molar-refractivity contribution >= 4 is 0 Å². The Hall–Kier alpha value is -0.360. The summed E-state index contributed by atoms with van der Waals surface area (Å²) < 4.78 is 44.7. The van der Waals surface area contributed by atoms with E-state index < -0.39 is 0 Å². The van der Waals surface area contributed by atoms with Gasteiger partial charge in [0.15, 0.2) is 0 Å². The molecule has 0 heterocycles. The minimum Gasteiger partial charge on any atom is -0.394 e. The van der Waals surface area contributed by atoms with Gasteiger partial charge in [-0.1, -0.05) is 64.7 Å². The molecule has 1 N–H and O–H groups in total. The highest BCUT2D eigenvalue weighted by Crippen LogP contribution is 2.10. The SMILES string of the molecule is CCCCCCCCCCCCOCC(C)OCC(C)OCC(C)OCCOCCOCCOCCOCCO. The van der Waals surface area contributed by atoms with E-state index in [0.29, 0.717) is 79.3 Å². The standard InChI is InChI=1S/C31H64O9/c1-5-6-7-8-9-10-11-12-13-14-16-37-26-29(2)39-28-31(4)40-27-30(3)38-25-24-36-23-22-35-21-20-34-19-18-33-17-15-32/h29-32H,5-28H2,1-4H3. The minimum atomic E-state index is -0.0115. The molecule has 0 amide bonds. The van der Waals surface area contributed by atoms with Gasteiger partial charge in [0.25, 0.3) is 0 Å². The van der Waals surface area contributed by atoms with Gasteiger partial charge in [0.1, 0.15) is 0 Å². The molecule has 3 atom stereocenters. The second kappa shape index (κ2) is 33.1. The zero-order valence-electron chi connectivity index (χ0n) is 26.4. The third kappa shape index (κ3) is 32.2. The predicted octanol–water partition coefficient (Wildman–Crippen LogP) is 5.20. The molecule has 0 bridgehead atoms. The molecule has 40 heavy (non-hydrogen) atoms. The number of ether oxygens (including phenoxy) is 8. The lowest BCUT2D eigenvalue weighted by Crippen LogP contribution is -2.27. The van der Waals surface area contributed by atoms with Crippen LogP contribution in [0, 0.1) is 0 Å². The monoisotopic (exact) mass is 580 g/mol. The maximum Gasteiger partial charge on any atom is 0.0781 e. The van der Waals surface area contributed by atoms with Crippen LogP contribution in [0.4, 0.5) is 0 Å². The molecule has 0 spiro atoms. The first-order valence-electron chi connectivity index (χ1n) is 15.9. The van der Waals surface area contributed by atoms with Crippen molar-refractivity contribution in [3.63, 3.8) is 0 Å². The second-order valence-corrected chi connectivity index (χ2v) is 10.4. The fourth-order valence-electron chi connectivity index (χ4n) is 3.82. The Bertz CT molecular complexity index is 470. The van der Waals surface area contributed by atoms with Crippen molar-refractivity contribution in [2.75, 3.05) is 92.5 Å². The summed E-state index contributed by atoms with van der Waals surface area (Å²) in [6, 6.07) is 0. The highest BCUT2D eigenvalue weighted by molar-refractivity contribution is 4.56. The maximum atomic E-state index is 8.59. The number of unbranched alkanes of at least 4 members (excludes halogenated alkanes) is 9. The molecule has 0 fully saturated rings. The molecule has 0 aliphatic carbocycles. The first-order valence-corrected chi connectivity index (χ1v) is 15.9. The van der Waals surface area contributed by atoms with Gasteiger partial charge in [0, 0.05) is 6.61 Å². The van der Waals surface area contributed by atoms with E-state index in [2.05, 4.69) is 6.92 Å². The summed E-state index contributed by atoms with van der Waals surface area (Å²) in [6.45, 7) is 15.3. The summed E-state index contributed by atoms with van der Waals surface area (Å²) in [4.78, 5) is 0. The smallest absolute Gasteiger partial charge is 0.0781 e. The third-order valence-electron chi connectivity index (χ3n) is 6.21. The van der Waals surface area contributed by atoms with E-state index in [1.807, 2.05) is 20.8 Å². The number of hydrogen-bond donors (Lipinski definition) is 1. The average Bonchev–Trinajstić information content (AvgIpc) is 2.95. The van der Waals surface area contributed by atoms with Crippen LogP contribution >= 0.6 is 0 Å². The Kier molecular flexibility index (Phi) is 32.8. The molecular formula is C31H64O9. The largest absolute Gasteiger partial charge is 0.394 e. The third-order valence-corrected chi connectivity index (χ3v) is 6.21. The molecule has 0 saturated heterocycles. The first kappa shape index (κ1) is 39.6. The fraction of sp³-hybridized carbons (Fsp3) is 1.00. The van der Waals surface area contributed by atoms with Gasteiger partial charge in [0.05, 0.1) is 104 Å². The molecule has 242 valence electrons. The molecule has 0 aromatic heterocycles. The van der Waals surface area contributed by atoms with Crippen LogP contribution in [0.2, 0.25) is 0 Å². The average molecular weight is 581 g/mol. The molecule has 9 heteroatoms. The van der Waals surface area contributed by atoms with Gasteiger partial charge < -0.3 is 43.0 Å². The fourth-order valence-corrected chi connectivity index (χ4v) is 3.82. The molecule has 0 aromatic rings. The van der Waals surface area contributed by atoms with E-state index in [1.54, 1.807) is 0 Å². The van der Waals surface area contributed by atoms with Crippen molar-refractivity contribution in [3.05, 3.63) is 0 Å². The summed E-state index contributed by atoms with van der Waals surface area (Å²) >= 11 is 0. The Morgan fingerprint density at radius 3 is 1.30 bits per heavy atom. The van der Waals surface area contributed by atoms with Crippen LogP contribution in [0.3, 0.4) is 0 Å². The van der Waals surface area contributed by atoms with Crippen LogP contribution in [0.1, 0.15) is 91.9 Å². The molecule has 0 rings (SSSR count). The van der Waals surface area contributed by atoms with Crippen LogP contribution in [0.5, 0.6) is 0 Å². The van der Waals surface area contributed by atoms with Crippen molar-refractivity contribution < 1.29 is 43.0 Å². The summed E-state index contributed by atoms with van der Waals surface area (Å²) in [7, 11) is 0. The van der Waals surface area contributed by atoms with Crippen LogP contribution in [-0.4, -0.2) is 116 Å². The Labute approximate surface area is 245 Å². The lowest BCUT2D eigenvalue weighted by molar-refractivity contribution is -0.0854. The number of aliphatic hydroxyl groups excluding tert-OH is 1. The maximum absolute atomic E-state index is 8.59. The second-order valence-electron chi connectivity index (χ2n) is 10.4. The van der Waals surface area contributed by atoms with E-state index in [1.165, 1.54) is 57.8 Å². The van der Waals surface area contributed by atoms with E-state index in [4.69, 9.17) is 43.0 Å². The van der Waals surface area contributed by atoms with Gasteiger partial charge in [-0.05, 0) is 27.2 Å². The van der Waals surface area contributed by atoms with Crippen molar-refractivity contribution in [2.24, 2.45) is 0 Å². The molecular weight excluding hydrogens is 516 g/mol. The summed E-state index contributed by atoms with van der Waals surface area (Å²) in [5.74, 6) is 0. The molecule has 0 aliphatic rings. The Balaban J connectivity index is 3.38. The van der Waals surface area contributed by atoms with Crippen LogP contribution < -0.4 is 0 Å². The zero-order valence-corrected chi connectivity index (χ0v) is 26.4. The van der Waals surface area contributed by atoms with Gasteiger partial charge in [-0.3, -0.25) is 0 Å². The van der Waals surface area contributed by atoms with E-state index in [9.17, 15) is 0 Å². The van der Waals surface area contributed by atoms with Gasteiger partial charge in [-0.2, -0.15) is 0 Å². The zero-order chi connectivity index (χ0) is 29.4. The molecule has 3 unspecified atom stereocenters. The highest BCUT2D eigenvalue weighted by Gasteiger charge is 2.10. The van der Waals surface area contributed by atoms with Gasteiger partial charge >= 0.3 is 0 Å². The highest BCUT2D eigenvalue weighted by atomic mass is 16.6. The Morgan fingerprint density at radius 2 is 0.800 bits per heavy atom. The number of rotatable bonds is 34. The molecule has 0 aliphatic heterocycles. The summed E-state index contributed by atoms with van der Waals surface area (Å²) in [5, 5.41) is 8.59. The minimum absolute atomic E-state index is 0.000850. The quantitative estimate of drug-likeness (QED) is 0.103. The van der Waals surface area contributed by atoms with Crippen molar-refractivity contribution in [2.45, 2.75) is 110 Å². The van der Waals surface area contributed by atoms with Gasteiger partial charge in [-0.15, -0.1) is 0 Å². The van der Waals surface area contributed by atoms with Crippen molar-refractivity contribution in [1.29, 1.82) is 0 Å². The van der Waals surface area contributed by atoms with Crippen LogP contribution in [-0.2, 0) is 37.9 Å². The van der Waals surface area contributed by atoms with Crippen LogP contribution in [0.15, 0.2) is 0 Å². The summed E-state index contributed by atoms with van der Waals surface area (Å²) in [6.07, 6.45) is 13.4.